The second-order valence-electron chi connectivity index (χ2n) is 4.49. The van der Waals surface area contributed by atoms with Crippen LogP contribution in [0.5, 0.6) is 0 Å². The monoisotopic (exact) mass is 329 g/mol. The Morgan fingerprint density at radius 2 is 2.24 bits per heavy atom. The lowest BCUT2D eigenvalue weighted by Gasteiger charge is -2.11. The zero-order chi connectivity index (χ0) is 13.1. The quantitative estimate of drug-likeness (QED) is 0.900. The molecule has 3 heterocycles. The van der Waals surface area contributed by atoms with Gasteiger partial charge in [-0.15, -0.1) is 24.8 Å². The molecule has 0 saturated carbocycles. The Bertz CT molecular complexity index is 552. The number of carbonyl (C=O) groups is 1. The molecule has 3 rings (SSSR count). The lowest BCUT2D eigenvalue weighted by atomic mass is 10.2. The van der Waals surface area contributed by atoms with E-state index in [0.29, 0.717) is 5.69 Å². The van der Waals surface area contributed by atoms with Crippen molar-refractivity contribution >= 4 is 36.4 Å². The molecule has 6 nitrogen and oxygen atoms in total. The first kappa shape index (κ1) is 17.4. The van der Waals surface area contributed by atoms with Gasteiger partial charge in [0.25, 0.3) is 0 Å². The number of rotatable bonds is 3. The highest BCUT2D eigenvalue weighted by molar-refractivity contribution is 5.94. The number of nitrogens with zero attached hydrogens (tertiary/aromatic N) is 3. The van der Waals surface area contributed by atoms with Crippen molar-refractivity contribution in [3.8, 4) is 5.82 Å². The molecule has 1 amide bonds. The van der Waals surface area contributed by atoms with Gasteiger partial charge in [-0.3, -0.25) is 4.79 Å². The Morgan fingerprint density at radius 1 is 1.38 bits per heavy atom. The fourth-order valence-electron chi connectivity index (χ4n) is 2.14. The maximum atomic E-state index is 11.9. The second-order valence-corrected chi connectivity index (χ2v) is 4.49. The van der Waals surface area contributed by atoms with Crippen LogP contribution in [0.4, 0.5) is 5.69 Å². The second kappa shape index (κ2) is 7.97. The van der Waals surface area contributed by atoms with Gasteiger partial charge in [0.1, 0.15) is 0 Å². The number of anilines is 1. The highest BCUT2D eigenvalue weighted by atomic mass is 35.5. The van der Waals surface area contributed by atoms with E-state index in [2.05, 4.69) is 20.7 Å². The summed E-state index contributed by atoms with van der Waals surface area (Å²) in [5, 5.41) is 10.1. The van der Waals surface area contributed by atoms with Crippen LogP contribution in [0.15, 0.2) is 36.8 Å². The number of hydrogen-bond donors (Lipinski definition) is 2. The van der Waals surface area contributed by atoms with Crippen LogP contribution in [0.25, 0.3) is 5.82 Å². The standard InChI is InChI=1S/C13H15N5O.2ClH/c19-13(11-3-1-6-14-11)17-10-4-5-12(15-9-10)18-8-2-7-16-18;;/h2,4-5,7-9,11,14H,1,3,6H2,(H,17,19);2*1H/t11-;;/m0../s1. The van der Waals surface area contributed by atoms with Gasteiger partial charge in [-0.1, -0.05) is 0 Å². The molecule has 0 unspecified atom stereocenters. The molecule has 114 valence electrons. The Hall–Kier alpha value is -1.63. The number of hydrogen-bond acceptors (Lipinski definition) is 4. The topological polar surface area (TPSA) is 71.8 Å². The Morgan fingerprint density at radius 3 is 2.81 bits per heavy atom. The summed E-state index contributed by atoms with van der Waals surface area (Å²) in [6, 6.07) is 5.41. The van der Waals surface area contributed by atoms with Gasteiger partial charge in [-0.2, -0.15) is 5.10 Å². The summed E-state index contributed by atoms with van der Waals surface area (Å²) < 4.78 is 1.67. The molecule has 8 heteroatoms. The first-order valence-electron chi connectivity index (χ1n) is 6.33. The third-order valence-corrected chi connectivity index (χ3v) is 3.13. The van der Waals surface area contributed by atoms with Crippen molar-refractivity contribution in [2.45, 2.75) is 18.9 Å². The molecular formula is C13H17Cl2N5O. The molecular weight excluding hydrogens is 313 g/mol. The summed E-state index contributed by atoms with van der Waals surface area (Å²) in [7, 11) is 0. The fourth-order valence-corrected chi connectivity index (χ4v) is 2.14. The SMILES string of the molecule is Cl.Cl.O=C(Nc1ccc(-n2cccn2)nc1)[C@@H]1CCCN1. The summed E-state index contributed by atoms with van der Waals surface area (Å²) in [6.07, 6.45) is 7.11. The first-order valence-corrected chi connectivity index (χ1v) is 6.33. The predicted octanol–water partition coefficient (Wildman–Crippen LogP) is 1.80. The number of halogens is 2. The van der Waals surface area contributed by atoms with E-state index < -0.39 is 0 Å². The van der Waals surface area contributed by atoms with Crippen LogP contribution in [0.3, 0.4) is 0 Å². The van der Waals surface area contributed by atoms with Gasteiger partial charge in [0.2, 0.25) is 5.91 Å². The summed E-state index contributed by atoms with van der Waals surface area (Å²) >= 11 is 0. The highest BCUT2D eigenvalue weighted by Gasteiger charge is 2.21. The summed E-state index contributed by atoms with van der Waals surface area (Å²) in [5.41, 5.74) is 0.703. The molecule has 1 aliphatic heterocycles. The van der Waals surface area contributed by atoms with Gasteiger partial charge >= 0.3 is 0 Å². The lowest BCUT2D eigenvalue weighted by molar-refractivity contribution is -0.117. The van der Waals surface area contributed by atoms with Crippen molar-refractivity contribution in [1.29, 1.82) is 0 Å². The van der Waals surface area contributed by atoms with Crippen molar-refractivity contribution in [2.75, 3.05) is 11.9 Å². The number of carbonyl (C=O) groups excluding carboxylic acids is 1. The smallest absolute Gasteiger partial charge is 0.241 e. The van der Waals surface area contributed by atoms with E-state index in [1.807, 2.05) is 24.4 Å². The van der Waals surface area contributed by atoms with Crippen LogP contribution in [-0.4, -0.2) is 33.3 Å². The number of aromatic nitrogens is 3. The van der Waals surface area contributed by atoms with Crippen LogP contribution in [0.2, 0.25) is 0 Å². The van der Waals surface area contributed by atoms with Gasteiger partial charge in [0.05, 0.1) is 17.9 Å². The molecule has 1 fully saturated rings. The van der Waals surface area contributed by atoms with E-state index in [9.17, 15) is 4.79 Å². The summed E-state index contributed by atoms with van der Waals surface area (Å²) in [4.78, 5) is 16.2. The Labute approximate surface area is 135 Å². The fraction of sp³-hybridized carbons (Fsp3) is 0.308. The average molecular weight is 330 g/mol. The average Bonchev–Trinajstić information content (AvgIpc) is 3.13. The van der Waals surface area contributed by atoms with E-state index in [1.54, 1.807) is 17.1 Å². The molecule has 1 atom stereocenters. The van der Waals surface area contributed by atoms with Gasteiger partial charge < -0.3 is 10.6 Å². The lowest BCUT2D eigenvalue weighted by Crippen LogP contribution is -2.35. The third kappa shape index (κ3) is 4.17. The van der Waals surface area contributed by atoms with E-state index in [-0.39, 0.29) is 36.8 Å². The van der Waals surface area contributed by atoms with Crippen LogP contribution in [-0.2, 0) is 4.79 Å². The maximum Gasteiger partial charge on any atom is 0.241 e. The number of amides is 1. The molecule has 2 N–H and O–H groups in total. The summed E-state index contributed by atoms with van der Waals surface area (Å²) in [6.45, 7) is 0.911. The molecule has 1 aliphatic rings. The maximum absolute atomic E-state index is 11.9. The van der Waals surface area contributed by atoms with Crippen molar-refractivity contribution in [3.63, 3.8) is 0 Å². The van der Waals surface area contributed by atoms with Crippen molar-refractivity contribution in [2.24, 2.45) is 0 Å². The number of nitrogens with one attached hydrogen (secondary N) is 2. The largest absolute Gasteiger partial charge is 0.323 e. The molecule has 2 aromatic heterocycles. The molecule has 0 aliphatic carbocycles. The zero-order valence-corrected chi connectivity index (χ0v) is 12.9. The summed E-state index contributed by atoms with van der Waals surface area (Å²) in [5.74, 6) is 0.730. The minimum Gasteiger partial charge on any atom is -0.323 e. The molecule has 0 radical (unpaired) electrons. The van der Waals surface area contributed by atoms with Gasteiger partial charge in [0, 0.05) is 12.4 Å². The van der Waals surface area contributed by atoms with Crippen molar-refractivity contribution in [3.05, 3.63) is 36.8 Å². The predicted molar refractivity (Wildman–Crippen MR) is 85.5 cm³/mol. The minimum absolute atomic E-state index is 0. The van der Waals surface area contributed by atoms with E-state index >= 15 is 0 Å². The van der Waals surface area contributed by atoms with Crippen LogP contribution >= 0.6 is 24.8 Å². The zero-order valence-electron chi connectivity index (χ0n) is 11.2. The third-order valence-electron chi connectivity index (χ3n) is 3.13. The Balaban J connectivity index is 0.00000110. The van der Waals surface area contributed by atoms with Gasteiger partial charge in [-0.05, 0) is 37.6 Å². The van der Waals surface area contributed by atoms with Crippen LogP contribution in [0, 0.1) is 0 Å². The molecule has 0 spiro atoms. The van der Waals surface area contributed by atoms with E-state index in [0.717, 1.165) is 25.2 Å². The highest BCUT2D eigenvalue weighted by Crippen LogP contribution is 2.12. The molecule has 1 saturated heterocycles. The van der Waals surface area contributed by atoms with Crippen molar-refractivity contribution in [1.82, 2.24) is 20.1 Å². The normalized spacial score (nSPS) is 16.7. The first-order chi connectivity index (χ1) is 9.33. The van der Waals surface area contributed by atoms with E-state index in [4.69, 9.17) is 0 Å². The Kier molecular flexibility index (Phi) is 6.61. The van der Waals surface area contributed by atoms with Crippen LogP contribution < -0.4 is 10.6 Å². The molecule has 2 aromatic rings. The van der Waals surface area contributed by atoms with Crippen molar-refractivity contribution < 1.29 is 4.79 Å². The van der Waals surface area contributed by atoms with Gasteiger partial charge in [0.15, 0.2) is 5.82 Å². The number of pyridine rings is 1. The molecule has 21 heavy (non-hydrogen) atoms. The van der Waals surface area contributed by atoms with Crippen LogP contribution in [0.1, 0.15) is 12.8 Å². The molecule has 0 aromatic carbocycles. The molecule has 0 bridgehead atoms. The van der Waals surface area contributed by atoms with Gasteiger partial charge in [-0.25, -0.2) is 9.67 Å². The van der Waals surface area contributed by atoms with E-state index in [1.165, 1.54) is 0 Å². The minimum atomic E-state index is -0.0780.